The molecule has 3 aliphatic rings. The number of ether oxygens (including phenoxy) is 1. The number of fused-ring (bicyclic) bond motifs is 1. The van der Waals surface area contributed by atoms with Crippen molar-refractivity contribution in [2.45, 2.75) is 102 Å². The second-order valence-corrected chi connectivity index (χ2v) is 13.7. The van der Waals surface area contributed by atoms with Crippen molar-refractivity contribution in [1.29, 1.82) is 0 Å². The number of methoxy groups -OCH3 is 1. The van der Waals surface area contributed by atoms with E-state index in [1.165, 1.54) is 24.0 Å². The zero-order valence-corrected chi connectivity index (χ0v) is 25.7. The number of carbonyl (C=O) groups is 1. The molecule has 1 N–H and O–H groups in total. The molecule has 2 aliphatic carbocycles. The second-order valence-electron chi connectivity index (χ2n) is 13.7. The monoisotopic (exact) mass is 560 g/mol. The first-order chi connectivity index (χ1) is 19.8. The van der Waals surface area contributed by atoms with Crippen LogP contribution in [0.1, 0.15) is 89.2 Å². The lowest BCUT2D eigenvalue weighted by molar-refractivity contribution is -0.150. The number of amides is 1. The van der Waals surface area contributed by atoms with Gasteiger partial charge in [-0.15, -0.1) is 0 Å². The third-order valence-corrected chi connectivity index (χ3v) is 10.1. The van der Waals surface area contributed by atoms with E-state index in [1.54, 1.807) is 7.11 Å². The number of nitrogens with zero attached hydrogens (tertiary/aromatic N) is 2. The van der Waals surface area contributed by atoms with Gasteiger partial charge in [0.05, 0.1) is 12.7 Å². The first-order valence-corrected chi connectivity index (χ1v) is 16.2. The van der Waals surface area contributed by atoms with Crippen molar-refractivity contribution in [3.63, 3.8) is 0 Å². The zero-order chi connectivity index (χ0) is 28.9. The Morgan fingerprint density at radius 2 is 1.85 bits per heavy atom. The van der Waals surface area contributed by atoms with Gasteiger partial charge in [0, 0.05) is 37.5 Å². The highest BCUT2D eigenvalue weighted by Gasteiger charge is 2.58. The summed E-state index contributed by atoms with van der Waals surface area (Å²) < 4.78 is 5.64. The number of carbonyl (C=O) groups excluding carboxylic acids is 1. The minimum Gasteiger partial charge on any atom is -0.497 e. The van der Waals surface area contributed by atoms with Gasteiger partial charge in [-0.25, -0.2) is 0 Å². The van der Waals surface area contributed by atoms with Gasteiger partial charge < -0.3 is 19.6 Å². The Kier molecular flexibility index (Phi) is 9.76. The van der Waals surface area contributed by atoms with Crippen molar-refractivity contribution in [3.05, 3.63) is 65.7 Å². The standard InChI is InChI=1S/C36H52N2O3/c1-28(2)25-38(34(39)16-9-5-8-13-29-11-6-4-7-12-29)32-19-20-36(40)27-37(26-30-17-18-30)22-21-35(36,24-32)31-14-10-15-33(23-31)41-3/h4,6-7,10-12,14-15,23,28,30,32,40H,5,8-9,13,16-22,24-27H2,1-3H3/t32-,35+,36+/m1/s1. The van der Waals surface area contributed by atoms with E-state index >= 15 is 0 Å². The predicted molar refractivity (Wildman–Crippen MR) is 166 cm³/mol. The molecule has 5 heteroatoms. The van der Waals surface area contributed by atoms with Crippen LogP contribution in [0.15, 0.2) is 54.6 Å². The summed E-state index contributed by atoms with van der Waals surface area (Å²) in [6.07, 6.45) is 10.8. The highest BCUT2D eigenvalue weighted by Crippen LogP contribution is 2.53. The topological polar surface area (TPSA) is 53.0 Å². The van der Waals surface area contributed by atoms with Crippen LogP contribution in [0.25, 0.3) is 0 Å². The number of hydrogen-bond acceptors (Lipinski definition) is 4. The molecular weight excluding hydrogens is 508 g/mol. The van der Waals surface area contributed by atoms with E-state index in [1.807, 2.05) is 6.07 Å². The summed E-state index contributed by atoms with van der Waals surface area (Å²) >= 11 is 0. The van der Waals surface area contributed by atoms with Gasteiger partial charge in [0.25, 0.3) is 0 Å². The number of likely N-dealkylation sites (tertiary alicyclic amines) is 1. The highest BCUT2D eigenvalue weighted by atomic mass is 16.5. The van der Waals surface area contributed by atoms with E-state index in [2.05, 4.69) is 72.2 Å². The normalized spacial score (nSPS) is 26.5. The van der Waals surface area contributed by atoms with Gasteiger partial charge in [-0.1, -0.05) is 62.7 Å². The van der Waals surface area contributed by atoms with E-state index in [0.29, 0.717) is 18.2 Å². The minimum atomic E-state index is -0.799. The summed E-state index contributed by atoms with van der Waals surface area (Å²) in [6.45, 7) is 8.06. The lowest BCUT2D eigenvalue weighted by Gasteiger charge is -2.59. The molecular formula is C36H52N2O3. The zero-order valence-electron chi connectivity index (χ0n) is 25.7. The van der Waals surface area contributed by atoms with Crippen LogP contribution < -0.4 is 4.74 Å². The average molecular weight is 561 g/mol. The molecule has 5 rings (SSSR count). The first-order valence-electron chi connectivity index (χ1n) is 16.2. The van der Waals surface area contributed by atoms with Crippen LogP contribution in [-0.4, -0.2) is 65.7 Å². The number of unbranched alkanes of at least 4 members (excludes halogenated alkanes) is 2. The largest absolute Gasteiger partial charge is 0.497 e. The molecule has 0 aromatic heterocycles. The molecule has 1 aliphatic heterocycles. The molecule has 224 valence electrons. The molecule has 0 bridgehead atoms. The van der Waals surface area contributed by atoms with Crippen molar-refractivity contribution in [2.75, 3.05) is 33.3 Å². The van der Waals surface area contributed by atoms with Crippen molar-refractivity contribution < 1.29 is 14.6 Å². The summed E-state index contributed by atoms with van der Waals surface area (Å²) in [7, 11) is 1.72. The number of aryl methyl sites for hydroxylation is 1. The fourth-order valence-electron chi connectivity index (χ4n) is 7.66. The average Bonchev–Trinajstić information content (AvgIpc) is 3.79. The molecule has 5 nitrogen and oxygen atoms in total. The number of aliphatic hydroxyl groups is 1. The van der Waals surface area contributed by atoms with Gasteiger partial charge in [-0.3, -0.25) is 4.79 Å². The Bertz CT molecular complexity index is 1130. The molecule has 1 amide bonds. The van der Waals surface area contributed by atoms with Crippen LogP contribution in [-0.2, 0) is 16.6 Å². The lowest BCUT2D eigenvalue weighted by Crippen LogP contribution is -2.67. The molecule has 1 saturated heterocycles. The Morgan fingerprint density at radius 1 is 1.05 bits per heavy atom. The number of benzene rings is 2. The Balaban J connectivity index is 1.31. The molecule has 41 heavy (non-hydrogen) atoms. The summed E-state index contributed by atoms with van der Waals surface area (Å²) in [6, 6.07) is 19.2. The van der Waals surface area contributed by atoms with Gasteiger partial charge >= 0.3 is 0 Å². The summed E-state index contributed by atoms with van der Waals surface area (Å²) in [5.41, 5.74) is 1.37. The fourth-order valence-corrected chi connectivity index (χ4v) is 7.66. The van der Waals surface area contributed by atoms with E-state index in [9.17, 15) is 9.90 Å². The van der Waals surface area contributed by atoms with Crippen molar-refractivity contribution in [3.8, 4) is 5.75 Å². The van der Waals surface area contributed by atoms with E-state index in [0.717, 1.165) is 89.2 Å². The Hall–Kier alpha value is -2.37. The molecule has 2 aromatic rings. The number of β-amino-alcohol motifs (C(OH)–C–C–N with tert-alkyl or cyclic N) is 1. The highest BCUT2D eigenvalue weighted by molar-refractivity contribution is 5.76. The van der Waals surface area contributed by atoms with Crippen molar-refractivity contribution in [2.24, 2.45) is 11.8 Å². The van der Waals surface area contributed by atoms with Crippen LogP contribution in [0.4, 0.5) is 0 Å². The lowest BCUT2D eigenvalue weighted by atomic mass is 9.55. The van der Waals surface area contributed by atoms with Gasteiger partial charge in [0.1, 0.15) is 5.75 Å². The third kappa shape index (κ3) is 7.17. The SMILES string of the molecule is COc1cccc([C@@]23CCN(CC4CC4)C[C@@]2(O)CC[C@@H](N(CC(C)C)C(=O)CCCCCc2ccccc2)C3)c1. The third-order valence-electron chi connectivity index (χ3n) is 10.1. The van der Waals surface area contributed by atoms with E-state index in [-0.39, 0.29) is 11.5 Å². The summed E-state index contributed by atoms with van der Waals surface area (Å²) in [5, 5.41) is 12.5. The molecule has 3 fully saturated rings. The molecule has 1 heterocycles. The second kappa shape index (κ2) is 13.3. The van der Waals surface area contributed by atoms with Crippen molar-refractivity contribution in [1.82, 2.24) is 9.80 Å². The number of hydrogen-bond donors (Lipinski definition) is 1. The molecule has 2 saturated carbocycles. The van der Waals surface area contributed by atoms with Gasteiger partial charge in [0.2, 0.25) is 5.91 Å². The fraction of sp³-hybridized carbons (Fsp3) is 0.639. The van der Waals surface area contributed by atoms with Crippen LogP contribution in [0.5, 0.6) is 5.75 Å². The molecule has 0 radical (unpaired) electrons. The maximum atomic E-state index is 13.8. The maximum Gasteiger partial charge on any atom is 0.222 e. The summed E-state index contributed by atoms with van der Waals surface area (Å²) in [5.74, 6) is 2.35. The number of piperidine rings is 1. The van der Waals surface area contributed by atoms with E-state index < -0.39 is 5.60 Å². The van der Waals surface area contributed by atoms with Crippen molar-refractivity contribution >= 4 is 5.91 Å². The van der Waals surface area contributed by atoms with Crippen LogP contribution in [0.3, 0.4) is 0 Å². The Labute approximate surface area is 248 Å². The first kappa shape index (κ1) is 30.1. The van der Waals surface area contributed by atoms with Gasteiger partial charge in [-0.2, -0.15) is 0 Å². The van der Waals surface area contributed by atoms with Crippen LogP contribution in [0, 0.1) is 11.8 Å². The molecule has 3 atom stereocenters. The Morgan fingerprint density at radius 3 is 2.59 bits per heavy atom. The smallest absolute Gasteiger partial charge is 0.222 e. The van der Waals surface area contributed by atoms with Gasteiger partial charge in [-0.05, 0) is 99.4 Å². The van der Waals surface area contributed by atoms with Gasteiger partial charge in [0.15, 0.2) is 0 Å². The number of rotatable bonds is 13. The molecule has 0 unspecified atom stereocenters. The summed E-state index contributed by atoms with van der Waals surface area (Å²) in [4.78, 5) is 18.5. The minimum absolute atomic E-state index is 0.149. The van der Waals surface area contributed by atoms with Crippen LogP contribution in [0.2, 0.25) is 0 Å². The molecule has 0 spiro atoms. The van der Waals surface area contributed by atoms with Crippen LogP contribution >= 0.6 is 0 Å². The van der Waals surface area contributed by atoms with E-state index in [4.69, 9.17) is 4.74 Å². The predicted octanol–water partition coefficient (Wildman–Crippen LogP) is 6.62. The quantitative estimate of drug-likeness (QED) is 0.280. The maximum absolute atomic E-state index is 13.8. The molecule has 2 aromatic carbocycles.